The van der Waals surface area contributed by atoms with Crippen LogP contribution < -0.4 is 10.6 Å². The van der Waals surface area contributed by atoms with Crippen LogP contribution >= 0.6 is 0 Å². The second-order valence-electron chi connectivity index (χ2n) is 9.19. The van der Waals surface area contributed by atoms with Crippen molar-refractivity contribution in [2.75, 3.05) is 13.1 Å². The number of carbonyl (C=O) groups excluding carboxylic acids is 3. The van der Waals surface area contributed by atoms with Gasteiger partial charge in [-0.3, -0.25) is 14.4 Å². The van der Waals surface area contributed by atoms with Gasteiger partial charge in [0, 0.05) is 45.3 Å². The first-order valence-electron chi connectivity index (χ1n) is 12.1. The minimum Gasteiger partial charge on any atom is -0.352 e. The molecule has 9 heteroatoms. The fourth-order valence-electron chi connectivity index (χ4n) is 4.84. The van der Waals surface area contributed by atoms with E-state index in [0.717, 1.165) is 57.8 Å². The Balaban J connectivity index is 1.56. The quantitative estimate of drug-likeness (QED) is 0.592. The van der Waals surface area contributed by atoms with Crippen LogP contribution in [0.5, 0.6) is 0 Å². The molecule has 1 saturated carbocycles. The molecule has 0 bridgehead atoms. The van der Waals surface area contributed by atoms with Crippen LogP contribution in [-0.2, 0) is 26.3 Å². The molecule has 0 spiro atoms. The van der Waals surface area contributed by atoms with Crippen molar-refractivity contribution in [2.45, 2.75) is 102 Å². The highest BCUT2D eigenvalue weighted by Gasteiger charge is 2.38. The minimum atomic E-state index is -0.578. The largest absolute Gasteiger partial charge is 0.352 e. The number of hydrogen-bond donors (Lipinski definition) is 2. The summed E-state index contributed by atoms with van der Waals surface area (Å²) in [6.07, 6.45) is 9.64. The molecule has 0 aromatic carbocycles. The molecule has 0 radical (unpaired) electrons. The molecule has 1 unspecified atom stereocenters. The standard InChI is InChI=1S/C23H37N5O4/c1-3-9-19(30)24-18-10-8-15-28(16-18)21(31)12-11-20-25-22(27-32-20)23(26-17(2)29)13-6-4-5-7-14-23/h18H,3-16H2,1-2H3,(H,24,30)(H,26,29). The summed E-state index contributed by atoms with van der Waals surface area (Å²) in [7, 11) is 0. The van der Waals surface area contributed by atoms with Gasteiger partial charge in [-0.1, -0.05) is 37.8 Å². The zero-order valence-corrected chi connectivity index (χ0v) is 19.5. The van der Waals surface area contributed by atoms with Crippen LogP contribution in [0.25, 0.3) is 0 Å². The number of aryl methyl sites for hydroxylation is 1. The van der Waals surface area contributed by atoms with Crippen molar-refractivity contribution in [3.63, 3.8) is 0 Å². The van der Waals surface area contributed by atoms with Crippen LogP contribution in [0.3, 0.4) is 0 Å². The van der Waals surface area contributed by atoms with Crippen LogP contribution in [-0.4, -0.2) is 51.9 Å². The Labute approximate surface area is 190 Å². The van der Waals surface area contributed by atoms with Crippen molar-refractivity contribution in [3.8, 4) is 0 Å². The number of likely N-dealkylation sites (tertiary alicyclic amines) is 1. The Morgan fingerprint density at radius 2 is 1.88 bits per heavy atom. The van der Waals surface area contributed by atoms with Crippen molar-refractivity contribution in [3.05, 3.63) is 11.7 Å². The van der Waals surface area contributed by atoms with Gasteiger partial charge in [-0.15, -0.1) is 0 Å². The van der Waals surface area contributed by atoms with Gasteiger partial charge in [0.05, 0.1) is 0 Å². The third-order valence-electron chi connectivity index (χ3n) is 6.44. The highest BCUT2D eigenvalue weighted by molar-refractivity contribution is 5.78. The van der Waals surface area contributed by atoms with Crippen LogP contribution in [0.15, 0.2) is 4.52 Å². The predicted molar refractivity (Wildman–Crippen MR) is 118 cm³/mol. The summed E-state index contributed by atoms with van der Waals surface area (Å²) in [5.41, 5.74) is -0.578. The molecule has 2 heterocycles. The van der Waals surface area contributed by atoms with E-state index in [1.807, 2.05) is 11.8 Å². The maximum absolute atomic E-state index is 12.8. The fraction of sp³-hybridized carbons (Fsp3) is 0.783. The number of aromatic nitrogens is 2. The van der Waals surface area contributed by atoms with Crippen LogP contribution in [0, 0.1) is 0 Å². The van der Waals surface area contributed by atoms with E-state index >= 15 is 0 Å². The Morgan fingerprint density at radius 3 is 2.56 bits per heavy atom. The van der Waals surface area contributed by atoms with E-state index in [1.54, 1.807) is 0 Å². The Hall–Kier alpha value is -2.45. The first-order chi connectivity index (χ1) is 15.4. The van der Waals surface area contributed by atoms with Gasteiger partial charge in [-0.05, 0) is 32.1 Å². The first-order valence-corrected chi connectivity index (χ1v) is 12.1. The van der Waals surface area contributed by atoms with Gasteiger partial charge < -0.3 is 20.1 Å². The van der Waals surface area contributed by atoms with Gasteiger partial charge in [0.15, 0.2) is 5.82 Å². The third kappa shape index (κ3) is 6.53. The molecule has 32 heavy (non-hydrogen) atoms. The maximum atomic E-state index is 12.8. The summed E-state index contributed by atoms with van der Waals surface area (Å²) < 4.78 is 5.46. The maximum Gasteiger partial charge on any atom is 0.227 e. The molecular weight excluding hydrogens is 410 g/mol. The number of hydrogen-bond acceptors (Lipinski definition) is 6. The monoisotopic (exact) mass is 447 g/mol. The van der Waals surface area contributed by atoms with Crippen LogP contribution in [0.2, 0.25) is 0 Å². The highest BCUT2D eigenvalue weighted by atomic mass is 16.5. The van der Waals surface area contributed by atoms with Crippen molar-refractivity contribution in [1.29, 1.82) is 0 Å². The average molecular weight is 448 g/mol. The molecule has 3 rings (SSSR count). The molecule has 3 amide bonds. The van der Waals surface area contributed by atoms with E-state index in [0.29, 0.717) is 37.6 Å². The van der Waals surface area contributed by atoms with E-state index < -0.39 is 5.54 Å². The van der Waals surface area contributed by atoms with Gasteiger partial charge in [0.1, 0.15) is 5.54 Å². The smallest absolute Gasteiger partial charge is 0.227 e. The molecule has 1 aliphatic carbocycles. The van der Waals surface area contributed by atoms with E-state index in [-0.39, 0.29) is 30.2 Å². The third-order valence-corrected chi connectivity index (χ3v) is 6.44. The van der Waals surface area contributed by atoms with Gasteiger partial charge >= 0.3 is 0 Å². The summed E-state index contributed by atoms with van der Waals surface area (Å²) in [6.45, 7) is 4.75. The normalized spacial score (nSPS) is 20.9. The number of nitrogens with one attached hydrogen (secondary N) is 2. The summed E-state index contributed by atoms with van der Waals surface area (Å²) in [5.74, 6) is 0.932. The second-order valence-corrected chi connectivity index (χ2v) is 9.19. The van der Waals surface area contributed by atoms with Gasteiger partial charge in [-0.2, -0.15) is 4.98 Å². The van der Waals surface area contributed by atoms with E-state index in [9.17, 15) is 14.4 Å². The van der Waals surface area contributed by atoms with E-state index in [4.69, 9.17) is 4.52 Å². The Bertz CT molecular complexity index is 785. The van der Waals surface area contributed by atoms with Gasteiger partial charge in [0.2, 0.25) is 23.6 Å². The van der Waals surface area contributed by atoms with Crippen molar-refractivity contribution in [1.82, 2.24) is 25.7 Å². The van der Waals surface area contributed by atoms with Gasteiger partial charge in [-0.25, -0.2) is 0 Å². The fourth-order valence-corrected chi connectivity index (χ4v) is 4.84. The van der Waals surface area contributed by atoms with Gasteiger partial charge in [0.25, 0.3) is 0 Å². The Kier molecular flexibility index (Phi) is 8.64. The lowest BCUT2D eigenvalue weighted by molar-refractivity contribution is -0.133. The zero-order chi connectivity index (χ0) is 23.0. The van der Waals surface area contributed by atoms with Crippen LogP contribution in [0.4, 0.5) is 0 Å². The minimum absolute atomic E-state index is 0.0227. The molecule has 9 nitrogen and oxygen atoms in total. The number of amides is 3. The average Bonchev–Trinajstić information content (AvgIpc) is 3.12. The molecule has 2 N–H and O–H groups in total. The number of rotatable bonds is 8. The predicted octanol–water partition coefficient (Wildman–Crippen LogP) is 2.60. The number of piperidine rings is 1. The summed E-state index contributed by atoms with van der Waals surface area (Å²) in [6, 6.07) is 0.0227. The van der Waals surface area contributed by atoms with E-state index in [1.165, 1.54) is 6.92 Å². The summed E-state index contributed by atoms with van der Waals surface area (Å²) >= 11 is 0. The molecule has 178 valence electrons. The zero-order valence-electron chi connectivity index (χ0n) is 19.5. The van der Waals surface area contributed by atoms with E-state index in [2.05, 4.69) is 20.8 Å². The molecule has 1 aliphatic heterocycles. The lowest BCUT2D eigenvalue weighted by atomic mass is 9.89. The lowest BCUT2D eigenvalue weighted by Crippen LogP contribution is -2.49. The highest BCUT2D eigenvalue weighted by Crippen LogP contribution is 2.34. The topological polar surface area (TPSA) is 117 Å². The SMILES string of the molecule is CCCC(=O)NC1CCCN(C(=O)CCc2nc(C3(NC(C)=O)CCCCCC3)no2)C1. The first kappa shape index (κ1) is 24.2. The molecule has 2 aliphatic rings. The molecule has 1 atom stereocenters. The molecule has 1 aromatic heterocycles. The molecule has 2 fully saturated rings. The van der Waals surface area contributed by atoms with Crippen LogP contribution in [0.1, 0.15) is 96.2 Å². The second kappa shape index (κ2) is 11.4. The van der Waals surface area contributed by atoms with Crippen molar-refractivity contribution in [2.24, 2.45) is 0 Å². The Morgan fingerprint density at radius 1 is 1.12 bits per heavy atom. The van der Waals surface area contributed by atoms with Crippen molar-refractivity contribution < 1.29 is 18.9 Å². The molecule has 1 saturated heterocycles. The summed E-state index contributed by atoms with van der Waals surface area (Å²) in [4.78, 5) is 42.9. The van der Waals surface area contributed by atoms with Crippen molar-refractivity contribution >= 4 is 17.7 Å². The molecular formula is C23H37N5O4. The summed E-state index contributed by atoms with van der Waals surface area (Å²) in [5, 5.41) is 10.3. The number of carbonyl (C=O) groups is 3. The number of nitrogens with zero attached hydrogens (tertiary/aromatic N) is 3. The molecule has 1 aromatic rings. The lowest BCUT2D eigenvalue weighted by Gasteiger charge is -2.33.